The summed E-state index contributed by atoms with van der Waals surface area (Å²) in [6, 6.07) is 7.61. The molecule has 24 heavy (non-hydrogen) atoms. The van der Waals surface area contributed by atoms with Gasteiger partial charge in [-0.1, -0.05) is 12.1 Å². The fourth-order valence-corrected chi connectivity index (χ4v) is 3.50. The number of rotatable bonds is 5. The van der Waals surface area contributed by atoms with E-state index in [1.165, 1.54) is 18.3 Å². The van der Waals surface area contributed by atoms with Crippen molar-refractivity contribution in [3.8, 4) is 0 Å². The fraction of sp³-hybridized carbons (Fsp3) is 0.353. The summed E-state index contributed by atoms with van der Waals surface area (Å²) in [5, 5.41) is 8.16. The van der Waals surface area contributed by atoms with Crippen molar-refractivity contribution >= 4 is 34.0 Å². The SMILES string of the molecule is CC(=O)Nc1cccc(CN2CCCC2C(=O)Nc2nccs2)c1. The molecule has 0 radical (unpaired) electrons. The van der Waals surface area contributed by atoms with E-state index in [1.54, 1.807) is 6.20 Å². The number of carbonyl (C=O) groups excluding carboxylic acids is 2. The predicted molar refractivity (Wildman–Crippen MR) is 94.9 cm³/mol. The van der Waals surface area contributed by atoms with Crippen LogP contribution in [0, 0.1) is 0 Å². The minimum atomic E-state index is -0.140. The Balaban J connectivity index is 1.65. The molecule has 1 saturated heterocycles. The van der Waals surface area contributed by atoms with Crippen LogP contribution in [0.3, 0.4) is 0 Å². The van der Waals surface area contributed by atoms with Crippen LogP contribution in [0.4, 0.5) is 10.8 Å². The molecule has 0 spiro atoms. The topological polar surface area (TPSA) is 74.3 Å². The van der Waals surface area contributed by atoms with E-state index < -0.39 is 0 Å². The first-order chi connectivity index (χ1) is 11.6. The Kier molecular flexibility index (Phi) is 5.22. The van der Waals surface area contributed by atoms with Gasteiger partial charge in [0.1, 0.15) is 0 Å². The molecule has 2 N–H and O–H groups in total. The van der Waals surface area contributed by atoms with E-state index in [9.17, 15) is 9.59 Å². The molecule has 1 aliphatic rings. The standard InChI is InChI=1S/C17H20N4O2S/c1-12(22)19-14-5-2-4-13(10-14)11-21-8-3-6-15(21)16(23)20-17-18-7-9-24-17/h2,4-5,7,9-10,15H,3,6,8,11H2,1H3,(H,19,22)(H,18,20,23). The summed E-state index contributed by atoms with van der Waals surface area (Å²) >= 11 is 1.42. The van der Waals surface area contributed by atoms with Crippen LogP contribution in [-0.4, -0.2) is 34.3 Å². The average molecular weight is 344 g/mol. The number of anilines is 2. The van der Waals surface area contributed by atoms with Crippen molar-refractivity contribution in [2.45, 2.75) is 32.4 Å². The maximum atomic E-state index is 12.5. The molecule has 1 aromatic heterocycles. The Morgan fingerprint density at radius 1 is 1.38 bits per heavy atom. The Morgan fingerprint density at radius 3 is 3.00 bits per heavy atom. The number of hydrogen-bond donors (Lipinski definition) is 2. The second kappa shape index (κ2) is 7.55. The Labute approximate surface area is 144 Å². The minimum absolute atomic E-state index is 0.000431. The van der Waals surface area contributed by atoms with Crippen molar-refractivity contribution in [3.63, 3.8) is 0 Å². The van der Waals surface area contributed by atoms with Crippen LogP contribution in [0.15, 0.2) is 35.8 Å². The number of benzene rings is 1. The lowest BCUT2D eigenvalue weighted by Gasteiger charge is -2.23. The van der Waals surface area contributed by atoms with Crippen LogP contribution >= 0.6 is 11.3 Å². The number of amides is 2. The van der Waals surface area contributed by atoms with E-state index >= 15 is 0 Å². The highest BCUT2D eigenvalue weighted by Crippen LogP contribution is 2.23. The van der Waals surface area contributed by atoms with Gasteiger partial charge in [0.05, 0.1) is 6.04 Å². The highest BCUT2D eigenvalue weighted by molar-refractivity contribution is 7.13. The average Bonchev–Trinajstić information content (AvgIpc) is 3.18. The molecule has 1 aliphatic heterocycles. The molecular formula is C17H20N4O2S. The summed E-state index contributed by atoms with van der Waals surface area (Å²) in [6.07, 6.45) is 3.53. The molecule has 1 aromatic carbocycles. The summed E-state index contributed by atoms with van der Waals surface area (Å²) in [6.45, 7) is 3.07. The number of nitrogens with zero attached hydrogens (tertiary/aromatic N) is 2. The first kappa shape index (κ1) is 16.6. The first-order valence-electron chi connectivity index (χ1n) is 7.93. The highest BCUT2D eigenvalue weighted by Gasteiger charge is 2.30. The predicted octanol–water partition coefficient (Wildman–Crippen LogP) is 2.70. The number of likely N-dealkylation sites (tertiary alicyclic amines) is 1. The van der Waals surface area contributed by atoms with Gasteiger partial charge in [-0.2, -0.15) is 0 Å². The van der Waals surface area contributed by atoms with Crippen LogP contribution in [-0.2, 0) is 16.1 Å². The van der Waals surface area contributed by atoms with Gasteiger partial charge in [-0.05, 0) is 37.1 Å². The lowest BCUT2D eigenvalue weighted by molar-refractivity contribution is -0.120. The molecule has 1 fully saturated rings. The van der Waals surface area contributed by atoms with Crippen LogP contribution in [0.25, 0.3) is 0 Å². The van der Waals surface area contributed by atoms with Crippen molar-refractivity contribution in [2.75, 3.05) is 17.2 Å². The van der Waals surface area contributed by atoms with Crippen LogP contribution < -0.4 is 10.6 Å². The van der Waals surface area contributed by atoms with E-state index in [4.69, 9.17) is 0 Å². The van der Waals surface area contributed by atoms with Gasteiger partial charge in [0.15, 0.2) is 5.13 Å². The zero-order chi connectivity index (χ0) is 16.9. The molecule has 6 nitrogen and oxygen atoms in total. The molecule has 7 heteroatoms. The highest BCUT2D eigenvalue weighted by atomic mass is 32.1. The van der Waals surface area contributed by atoms with Gasteiger partial charge in [-0.15, -0.1) is 11.3 Å². The van der Waals surface area contributed by atoms with Gasteiger partial charge < -0.3 is 10.6 Å². The Bertz CT molecular complexity index is 717. The molecule has 126 valence electrons. The zero-order valence-corrected chi connectivity index (χ0v) is 14.3. The van der Waals surface area contributed by atoms with Crippen molar-refractivity contribution in [2.24, 2.45) is 0 Å². The van der Waals surface area contributed by atoms with Crippen molar-refractivity contribution in [1.82, 2.24) is 9.88 Å². The number of aromatic nitrogens is 1. The fourth-order valence-electron chi connectivity index (χ4n) is 2.97. The molecule has 0 saturated carbocycles. The summed E-state index contributed by atoms with van der Waals surface area (Å²) in [4.78, 5) is 29.9. The molecular weight excluding hydrogens is 324 g/mol. The van der Waals surface area contributed by atoms with Crippen molar-refractivity contribution < 1.29 is 9.59 Å². The smallest absolute Gasteiger partial charge is 0.243 e. The summed E-state index contributed by atoms with van der Waals surface area (Å²) in [7, 11) is 0. The second-order valence-corrected chi connectivity index (χ2v) is 6.73. The normalized spacial score (nSPS) is 17.6. The molecule has 1 atom stereocenters. The molecule has 0 bridgehead atoms. The van der Waals surface area contributed by atoms with E-state index in [1.807, 2.05) is 29.6 Å². The largest absolute Gasteiger partial charge is 0.326 e. The minimum Gasteiger partial charge on any atom is -0.326 e. The van der Waals surface area contributed by atoms with Crippen LogP contribution in [0.5, 0.6) is 0 Å². The zero-order valence-electron chi connectivity index (χ0n) is 13.5. The van der Waals surface area contributed by atoms with Gasteiger partial charge in [-0.25, -0.2) is 4.98 Å². The number of thiazole rings is 1. The third-order valence-corrected chi connectivity index (χ3v) is 4.65. The third kappa shape index (κ3) is 4.18. The Morgan fingerprint density at radius 2 is 2.25 bits per heavy atom. The Hall–Kier alpha value is -2.25. The molecule has 1 unspecified atom stereocenters. The molecule has 0 aliphatic carbocycles. The first-order valence-corrected chi connectivity index (χ1v) is 8.81. The second-order valence-electron chi connectivity index (χ2n) is 5.84. The van der Waals surface area contributed by atoms with E-state index in [0.717, 1.165) is 30.6 Å². The number of carbonyl (C=O) groups is 2. The van der Waals surface area contributed by atoms with Gasteiger partial charge in [0, 0.05) is 30.7 Å². The van der Waals surface area contributed by atoms with Gasteiger partial charge in [0.2, 0.25) is 11.8 Å². The lowest BCUT2D eigenvalue weighted by Crippen LogP contribution is -2.39. The maximum absolute atomic E-state index is 12.5. The van der Waals surface area contributed by atoms with Crippen LogP contribution in [0.1, 0.15) is 25.3 Å². The number of nitrogens with one attached hydrogen (secondary N) is 2. The van der Waals surface area contributed by atoms with Gasteiger partial charge in [0.25, 0.3) is 0 Å². The number of hydrogen-bond acceptors (Lipinski definition) is 5. The van der Waals surface area contributed by atoms with Gasteiger partial charge in [-0.3, -0.25) is 14.5 Å². The molecule has 3 rings (SSSR count). The monoisotopic (exact) mass is 344 g/mol. The van der Waals surface area contributed by atoms with Gasteiger partial charge >= 0.3 is 0 Å². The van der Waals surface area contributed by atoms with Crippen LogP contribution in [0.2, 0.25) is 0 Å². The van der Waals surface area contributed by atoms with Crippen molar-refractivity contribution in [1.29, 1.82) is 0 Å². The lowest BCUT2D eigenvalue weighted by atomic mass is 10.1. The van der Waals surface area contributed by atoms with Crippen molar-refractivity contribution in [3.05, 3.63) is 41.4 Å². The summed E-state index contributed by atoms with van der Waals surface area (Å²) in [5.41, 5.74) is 1.86. The molecule has 2 aromatic rings. The van der Waals surface area contributed by atoms with E-state index in [2.05, 4.69) is 20.5 Å². The molecule has 2 amide bonds. The maximum Gasteiger partial charge on any atom is 0.243 e. The third-order valence-electron chi connectivity index (χ3n) is 3.96. The quantitative estimate of drug-likeness (QED) is 0.874. The summed E-state index contributed by atoms with van der Waals surface area (Å²) in [5.74, 6) is -0.0884. The van der Waals surface area contributed by atoms with E-state index in [-0.39, 0.29) is 17.9 Å². The molecule has 2 heterocycles. The summed E-state index contributed by atoms with van der Waals surface area (Å²) < 4.78 is 0. The van der Waals surface area contributed by atoms with E-state index in [0.29, 0.717) is 11.7 Å².